The molecule has 7 nitrogen and oxygen atoms in total. The summed E-state index contributed by atoms with van der Waals surface area (Å²) in [5, 5.41) is 14.1. The van der Waals surface area contributed by atoms with Gasteiger partial charge in [0.15, 0.2) is 12.4 Å². The van der Waals surface area contributed by atoms with E-state index in [0.717, 1.165) is 30.5 Å². The average Bonchev–Trinajstić information content (AvgIpc) is 3.22. The first-order valence-electron chi connectivity index (χ1n) is 9.12. The van der Waals surface area contributed by atoms with Gasteiger partial charge < -0.3 is 20.2 Å². The third-order valence-electron chi connectivity index (χ3n) is 5.04. The number of nitrogens with zero attached hydrogens (tertiary/aromatic N) is 2. The van der Waals surface area contributed by atoms with Crippen LogP contribution in [0.5, 0.6) is 0 Å². The second-order valence-electron chi connectivity index (χ2n) is 6.90. The molecule has 4 rings (SSSR count). The molecule has 1 aromatic carbocycles. The molecule has 140 valence electrons. The lowest BCUT2D eigenvalue weighted by Gasteiger charge is -2.29. The molecule has 0 saturated carbocycles. The van der Waals surface area contributed by atoms with Crippen LogP contribution in [0.3, 0.4) is 0 Å². The van der Waals surface area contributed by atoms with Crippen molar-refractivity contribution in [1.82, 2.24) is 4.90 Å². The average molecular weight is 367 g/mol. The fourth-order valence-corrected chi connectivity index (χ4v) is 3.55. The Kier molecular flexibility index (Phi) is 4.77. The van der Waals surface area contributed by atoms with E-state index in [1.807, 2.05) is 18.2 Å². The van der Waals surface area contributed by atoms with E-state index in [9.17, 15) is 14.8 Å². The van der Waals surface area contributed by atoms with Gasteiger partial charge in [-0.2, -0.15) is 4.73 Å². The zero-order chi connectivity index (χ0) is 18.8. The lowest BCUT2D eigenvalue weighted by atomic mass is 9.98. The van der Waals surface area contributed by atoms with Gasteiger partial charge in [-0.3, -0.25) is 9.59 Å². The summed E-state index contributed by atoms with van der Waals surface area (Å²) in [5.74, 6) is -0.221. The summed E-state index contributed by atoms with van der Waals surface area (Å²) in [7, 11) is 0. The van der Waals surface area contributed by atoms with Crippen LogP contribution in [-0.4, -0.2) is 36.0 Å². The topological polar surface area (TPSA) is 85.6 Å². The first-order chi connectivity index (χ1) is 13.1. The summed E-state index contributed by atoms with van der Waals surface area (Å²) in [6, 6.07) is 8.89. The van der Waals surface area contributed by atoms with Crippen LogP contribution in [0.25, 0.3) is 0 Å². The van der Waals surface area contributed by atoms with E-state index in [4.69, 9.17) is 4.74 Å². The van der Waals surface area contributed by atoms with E-state index in [2.05, 4.69) is 5.32 Å². The van der Waals surface area contributed by atoms with Crippen molar-refractivity contribution in [2.45, 2.75) is 31.9 Å². The minimum absolute atomic E-state index is 0.102. The Morgan fingerprint density at radius 3 is 2.74 bits per heavy atom. The van der Waals surface area contributed by atoms with Gasteiger partial charge in [0.25, 0.3) is 11.8 Å². The molecule has 1 N–H and O–H groups in total. The minimum atomic E-state index is -0.374. The van der Waals surface area contributed by atoms with Gasteiger partial charge in [-0.25, -0.2) is 0 Å². The van der Waals surface area contributed by atoms with Gasteiger partial charge in [0.05, 0.1) is 5.56 Å². The van der Waals surface area contributed by atoms with E-state index in [0.29, 0.717) is 30.0 Å². The van der Waals surface area contributed by atoms with Gasteiger partial charge in [-0.05, 0) is 42.5 Å². The first kappa shape index (κ1) is 17.5. The second kappa shape index (κ2) is 7.36. The number of pyridine rings is 1. The molecule has 0 unspecified atom stereocenters. The zero-order valence-corrected chi connectivity index (χ0v) is 14.9. The third-order valence-corrected chi connectivity index (χ3v) is 5.04. The molecule has 2 amide bonds. The number of fused-ring (bicyclic) bond motifs is 1. The molecule has 7 heteroatoms. The van der Waals surface area contributed by atoms with Crippen LogP contribution in [0.4, 0.5) is 5.69 Å². The van der Waals surface area contributed by atoms with Crippen molar-refractivity contribution in [3.05, 3.63) is 64.6 Å². The smallest absolute Gasteiger partial charge is 0.254 e. The number of hydrogen-bond donors (Lipinski definition) is 1. The van der Waals surface area contributed by atoms with E-state index < -0.39 is 0 Å². The molecule has 2 aliphatic heterocycles. The van der Waals surface area contributed by atoms with Gasteiger partial charge in [-0.15, -0.1) is 0 Å². The molecule has 2 aromatic rings. The van der Waals surface area contributed by atoms with Crippen LogP contribution in [0.2, 0.25) is 0 Å². The van der Waals surface area contributed by atoms with Crippen molar-refractivity contribution in [2.24, 2.45) is 0 Å². The number of nitrogens with one attached hydrogen (secondary N) is 1. The fraction of sp³-hybridized carbons (Fsp3) is 0.350. The van der Waals surface area contributed by atoms with E-state index in [-0.39, 0.29) is 17.9 Å². The van der Waals surface area contributed by atoms with Gasteiger partial charge in [0.1, 0.15) is 6.10 Å². The van der Waals surface area contributed by atoms with Crippen LogP contribution < -0.4 is 10.0 Å². The van der Waals surface area contributed by atoms with Crippen molar-refractivity contribution < 1.29 is 19.1 Å². The van der Waals surface area contributed by atoms with Crippen LogP contribution in [0.15, 0.2) is 42.7 Å². The number of benzene rings is 1. The highest BCUT2D eigenvalue weighted by Gasteiger charge is 2.25. The molecule has 0 bridgehead atoms. The Bertz CT molecular complexity index is 860. The van der Waals surface area contributed by atoms with Gasteiger partial charge in [0, 0.05) is 37.5 Å². The Hall–Kier alpha value is -2.93. The number of ether oxygens (including phenoxy) is 1. The molecular formula is C20H21N3O4. The zero-order valence-electron chi connectivity index (χ0n) is 14.9. The van der Waals surface area contributed by atoms with Crippen LogP contribution in [0, 0.1) is 5.21 Å². The van der Waals surface area contributed by atoms with E-state index >= 15 is 0 Å². The van der Waals surface area contributed by atoms with Crippen molar-refractivity contribution in [1.29, 1.82) is 0 Å². The van der Waals surface area contributed by atoms with Crippen LogP contribution >= 0.6 is 0 Å². The highest BCUT2D eigenvalue weighted by Crippen LogP contribution is 2.24. The van der Waals surface area contributed by atoms with Crippen LogP contribution in [0.1, 0.15) is 34.3 Å². The molecule has 1 saturated heterocycles. The number of amides is 2. The Labute approximate surface area is 157 Å². The lowest BCUT2D eigenvalue weighted by molar-refractivity contribution is -0.605. The highest BCUT2D eigenvalue weighted by atomic mass is 16.5. The molecule has 0 spiro atoms. The molecule has 27 heavy (non-hydrogen) atoms. The normalized spacial score (nSPS) is 18.8. The molecule has 2 aliphatic rings. The first-order valence-corrected chi connectivity index (χ1v) is 9.12. The maximum atomic E-state index is 12.7. The van der Waals surface area contributed by atoms with E-state index in [1.165, 1.54) is 30.1 Å². The number of carbonyl (C=O) groups is 2. The SMILES string of the molecule is O=C(Nc1ccc2c(c1)CN(C(=O)c1cc[n+]([O-])cc1)CC2)[C@@H]1CCCO1. The molecule has 0 radical (unpaired) electrons. The summed E-state index contributed by atoms with van der Waals surface area (Å²) in [6.07, 6.45) is 4.69. The fourth-order valence-electron chi connectivity index (χ4n) is 3.55. The Morgan fingerprint density at radius 1 is 1.19 bits per heavy atom. The number of hydrogen-bond acceptors (Lipinski definition) is 4. The number of carbonyl (C=O) groups excluding carboxylic acids is 2. The van der Waals surface area contributed by atoms with E-state index in [1.54, 1.807) is 4.90 Å². The van der Waals surface area contributed by atoms with Crippen molar-refractivity contribution in [2.75, 3.05) is 18.5 Å². The summed E-state index contributed by atoms with van der Waals surface area (Å²) < 4.78 is 6.07. The predicted molar refractivity (Wildman–Crippen MR) is 97.9 cm³/mol. The predicted octanol–water partition coefficient (Wildman–Crippen LogP) is 1.64. The quantitative estimate of drug-likeness (QED) is 0.660. The second-order valence-corrected chi connectivity index (χ2v) is 6.90. The summed E-state index contributed by atoms with van der Waals surface area (Å²) in [5.41, 5.74) is 3.42. The Morgan fingerprint density at radius 2 is 2.00 bits per heavy atom. The highest BCUT2D eigenvalue weighted by molar-refractivity contribution is 5.95. The standard InChI is InChI=1S/C20H21N3O4/c24-19(18-2-1-11-27-18)21-17-4-3-14-5-8-22(13-16(14)12-17)20(25)15-6-9-23(26)10-7-15/h3-4,6-7,9-10,12,18H,1-2,5,8,11,13H2,(H,21,24)/t18-/m0/s1. The van der Waals surface area contributed by atoms with Gasteiger partial charge >= 0.3 is 0 Å². The maximum absolute atomic E-state index is 12.7. The van der Waals surface area contributed by atoms with Gasteiger partial charge in [-0.1, -0.05) is 6.07 Å². The number of rotatable bonds is 3. The molecule has 0 aliphatic carbocycles. The molecule has 1 fully saturated rings. The minimum Gasteiger partial charge on any atom is -0.619 e. The van der Waals surface area contributed by atoms with Crippen LogP contribution in [-0.2, 0) is 22.5 Å². The Balaban J connectivity index is 1.47. The van der Waals surface area contributed by atoms with Crippen molar-refractivity contribution >= 4 is 17.5 Å². The maximum Gasteiger partial charge on any atom is 0.254 e. The summed E-state index contributed by atoms with van der Waals surface area (Å²) >= 11 is 0. The summed E-state index contributed by atoms with van der Waals surface area (Å²) in [6.45, 7) is 1.73. The van der Waals surface area contributed by atoms with Crippen molar-refractivity contribution in [3.8, 4) is 0 Å². The number of anilines is 1. The molecule has 3 heterocycles. The number of aromatic nitrogens is 1. The van der Waals surface area contributed by atoms with Gasteiger partial charge in [0.2, 0.25) is 0 Å². The molecule has 1 atom stereocenters. The summed E-state index contributed by atoms with van der Waals surface area (Å²) in [4.78, 5) is 26.7. The largest absolute Gasteiger partial charge is 0.619 e. The molecule has 1 aromatic heterocycles. The monoisotopic (exact) mass is 367 g/mol. The lowest BCUT2D eigenvalue weighted by Crippen LogP contribution is -2.36. The third kappa shape index (κ3) is 3.78. The van der Waals surface area contributed by atoms with Crippen molar-refractivity contribution in [3.63, 3.8) is 0 Å². The molecular weight excluding hydrogens is 346 g/mol.